The van der Waals surface area contributed by atoms with E-state index in [1.807, 2.05) is 13.8 Å². The predicted octanol–water partition coefficient (Wildman–Crippen LogP) is 2.34. The van der Waals surface area contributed by atoms with Crippen LogP contribution in [0.3, 0.4) is 0 Å². The van der Waals surface area contributed by atoms with E-state index < -0.39 is 11.5 Å². The molecule has 1 heterocycles. The average Bonchev–Trinajstić information content (AvgIpc) is 2.36. The number of hydrogen-bond acceptors (Lipinski definition) is 3. The summed E-state index contributed by atoms with van der Waals surface area (Å²) in [5.74, 6) is -0.915. The lowest BCUT2D eigenvalue weighted by Gasteiger charge is -2.33. The standard InChI is InChI=1S/C15H27NO4/c1-11(2)15(3,10-14(18)19)16-13(17)8-7-12-6-4-5-9-20-12/h11-12H,4-10H2,1-3H3,(H,16,17)(H,18,19). The molecule has 2 atom stereocenters. The van der Waals surface area contributed by atoms with Crippen molar-refractivity contribution < 1.29 is 19.4 Å². The average molecular weight is 285 g/mol. The van der Waals surface area contributed by atoms with E-state index in [1.54, 1.807) is 6.92 Å². The largest absolute Gasteiger partial charge is 0.481 e. The topological polar surface area (TPSA) is 75.6 Å². The molecule has 116 valence electrons. The van der Waals surface area contributed by atoms with Gasteiger partial charge in [0.15, 0.2) is 0 Å². The third kappa shape index (κ3) is 5.49. The van der Waals surface area contributed by atoms with Crippen molar-refractivity contribution in [2.75, 3.05) is 6.61 Å². The van der Waals surface area contributed by atoms with Crippen LogP contribution in [0.15, 0.2) is 0 Å². The third-order valence-corrected chi connectivity index (χ3v) is 4.19. The zero-order chi connectivity index (χ0) is 15.2. The number of carbonyl (C=O) groups is 2. The summed E-state index contributed by atoms with van der Waals surface area (Å²) in [6.45, 7) is 6.43. The molecular formula is C15H27NO4. The van der Waals surface area contributed by atoms with Crippen LogP contribution in [0, 0.1) is 5.92 Å². The van der Waals surface area contributed by atoms with Crippen molar-refractivity contribution in [1.82, 2.24) is 5.32 Å². The quantitative estimate of drug-likeness (QED) is 0.753. The second-order valence-electron chi connectivity index (χ2n) is 6.22. The molecule has 1 fully saturated rings. The van der Waals surface area contributed by atoms with Crippen LogP contribution in [-0.4, -0.2) is 35.2 Å². The molecule has 0 spiro atoms. The first-order valence-electron chi connectivity index (χ1n) is 7.48. The number of carbonyl (C=O) groups excluding carboxylic acids is 1. The lowest BCUT2D eigenvalue weighted by Crippen LogP contribution is -2.51. The van der Waals surface area contributed by atoms with E-state index in [-0.39, 0.29) is 24.3 Å². The van der Waals surface area contributed by atoms with Crippen LogP contribution in [0.2, 0.25) is 0 Å². The van der Waals surface area contributed by atoms with Gasteiger partial charge in [0, 0.05) is 18.6 Å². The summed E-state index contributed by atoms with van der Waals surface area (Å²) in [7, 11) is 0. The maximum absolute atomic E-state index is 12.0. The van der Waals surface area contributed by atoms with Crippen LogP contribution in [0.4, 0.5) is 0 Å². The predicted molar refractivity (Wildman–Crippen MR) is 76.5 cm³/mol. The summed E-state index contributed by atoms with van der Waals surface area (Å²) < 4.78 is 5.60. The van der Waals surface area contributed by atoms with Crippen molar-refractivity contribution in [3.8, 4) is 0 Å². The van der Waals surface area contributed by atoms with E-state index in [0.29, 0.717) is 12.8 Å². The maximum atomic E-state index is 12.0. The number of aliphatic carboxylic acids is 1. The minimum absolute atomic E-state index is 0.0592. The van der Waals surface area contributed by atoms with Gasteiger partial charge in [-0.15, -0.1) is 0 Å². The molecule has 0 radical (unpaired) electrons. The number of rotatable bonds is 7. The van der Waals surface area contributed by atoms with Crippen LogP contribution < -0.4 is 5.32 Å². The highest BCUT2D eigenvalue weighted by atomic mass is 16.5. The number of amides is 1. The van der Waals surface area contributed by atoms with Crippen molar-refractivity contribution >= 4 is 11.9 Å². The lowest BCUT2D eigenvalue weighted by molar-refractivity contribution is -0.139. The maximum Gasteiger partial charge on any atom is 0.305 e. The SMILES string of the molecule is CC(C)C(C)(CC(=O)O)NC(=O)CCC1CCCCO1. The van der Waals surface area contributed by atoms with Gasteiger partial charge in [-0.1, -0.05) is 13.8 Å². The number of ether oxygens (including phenoxy) is 1. The smallest absolute Gasteiger partial charge is 0.305 e. The highest BCUT2D eigenvalue weighted by Gasteiger charge is 2.32. The van der Waals surface area contributed by atoms with Gasteiger partial charge >= 0.3 is 5.97 Å². The van der Waals surface area contributed by atoms with Crippen LogP contribution in [0.25, 0.3) is 0 Å². The molecule has 1 amide bonds. The number of carboxylic acids is 1. The van der Waals surface area contributed by atoms with Gasteiger partial charge in [0.2, 0.25) is 5.91 Å². The second-order valence-corrected chi connectivity index (χ2v) is 6.22. The Balaban J connectivity index is 2.43. The molecule has 0 aromatic carbocycles. The second kappa shape index (κ2) is 7.62. The molecular weight excluding hydrogens is 258 g/mol. The Morgan fingerprint density at radius 2 is 2.10 bits per heavy atom. The molecule has 1 aliphatic heterocycles. The van der Waals surface area contributed by atoms with Crippen molar-refractivity contribution in [3.05, 3.63) is 0 Å². The summed E-state index contributed by atoms with van der Waals surface area (Å²) in [4.78, 5) is 23.0. The van der Waals surface area contributed by atoms with Gasteiger partial charge in [-0.25, -0.2) is 0 Å². The fourth-order valence-corrected chi connectivity index (χ4v) is 2.41. The van der Waals surface area contributed by atoms with Crippen molar-refractivity contribution in [2.45, 2.75) is 70.9 Å². The highest BCUT2D eigenvalue weighted by molar-refractivity contribution is 5.78. The first-order chi connectivity index (χ1) is 9.33. The molecule has 0 saturated carbocycles. The Labute approximate surface area is 121 Å². The van der Waals surface area contributed by atoms with Crippen molar-refractivity contribution in [1.29, 1.82) is 0 Å². The zero-order valence-electron chi connectivity index (χ0n) is 12.8. The Bertz CT molecular complexity index is 337. The van der Waals surface area contributed by atoms with Gasteiger partial charge in [0.1, 0.15) is 0 Å². The number of hydrogen-bond donors (Lipinski definition) is 2. The highest BCUT2D eigenvalue weighted by Crippen LogP contribution is 2.22. The summed E-state index contributed by atoms with van der Waals surface area (Å²) in [5.41, 5.74) is -0.698. The molecule has 0 aromatic rings. The Morgan fingerprint density at radius 1 is 1.40 bits per heavy atom. The van der Waals surface area contributed by atoms with E-state index in [0.717, 1.165) is 25.9 Å². The van der Waals surface area contributed by atoms with E-state index in [4.69, 9.17) is 9.84 Å². The summed E-state index contributed by atoms with van der Waals surface area (Å²) >= 11 is 0. The van der Waals surface area contributed by atoms with E-state index in [9.17, 15) is 9.59 Å². The minimum Gasteiger partial charge on any atom is -0.481 e. The fourth-order valence-electron chi connectivity index (χ4n) is 2.41. The first kappa shape index (κ1) is 17.0. The molecule has 0 bridgehead atoms. The van der Waals surface area contributed by atoms with Crippen LogP contribution in [0.1, 0.15) is 59.3 Å². The number of carboxylic acid groups (broad SMARTS) is 1. The fraction of sp³-hybridized carbons (Fsp3) is 0.867. The van der Waals surface area contributed by atoms with Crippen molar-refractivity contribution in [2.24, 2.45) is 5.92 Å². The zero-order valence-corrected chi connectivity index (χ0v) is 12.8. The van der Waals surface area contributed by atoms with Crippen molar-refractivity contribution in [3.63, 3.8) is 0 Å². The molecule has 0 aromatic heterocycles. The molecule has 5 nitrogen and oxygen atoms in total. The van der Waals surface area contributed by atoms with Crippen LogP contribution in [0.5, 0.6) is 0 Å². The summed E-state index contributed by atoms with van der Waals surface area (Å²) in [6.07, 6.45) is 4.51. The van der Waals surface area contributed by atoms with Gasteiger partial charge in [-0.2, -0.15) is 0 Å². The Morgan fingerprint density at radius 3 is 2.60 bits per heavy atom. The van der Waals surface area contributed by atoms with Gasteiger partial charge in [-0.3, -0.25) is 9.59 Å². The first-order valence-corrected chi connectivity index (χ1v) is 7.48. The van der Waals surface area contributed by atoms with Crippen LogP contribution >= 0.6 is 0 Å². The molecule has 1 aliphatic rings. The molecule has 0 aliphatic carbocycles. The van der Waals surface area contributed by atoms with Crippen LogP contribution in [-0.2, 0) is 14.3 Å². The summed E-state index contributed by atoms with van der Waals surface area (Å²) in [5, 5.41) is 11.9. The molecule has 2 unspecified atom stereocenters. The van der Waals surface area contributed by atoms with E-state index in [2.05, 4.69) is 5.32 Å². The monoisotopic (exact) mass is 285 g/mol. The lowest BCUT2D eigenvalue weighted by atomic mass is 9.85. The molecule has 20 heavy (non-hydrogen) atoms. The van der Waals surface area contributed by atoms with Gasteiger partial charge in [0.05, 0.1) is 12.5 Å². The van der Waals surface area contributed by atoms with Gasteiger partial charge < -0.3 is 15.2 Å². The third-order valence-electron chi connectivity index (χ3n) is 4.19. The van der Waals surface area contributed by atoms with Gasteiger partial charge in [-0.05, 0) is 38.5 Å². The van der Waals surface area contributed by atoms with Gasteiger partial charge in [0.25, 0.3) is 0 Å². The normalized spacial score (nSPS) is 22.3. The molecule has 2 N–H and O–H groups in total. The molecule has 1 saturated heterocycles. The minimum atomic E-state index is -0.892. The van der Waals surface area contributed by atoms with E-state index >= 15 is 0 Å². The summed E-state index contributed by atoms with van der Waals surface area (Å²) in [6, 6.07) is 0. The number of nitrogens with one attached hydrogen (secondary N) is 1. The molecule has 1 rings (SSSR count). The molecule has 5 heteroatoms. The Hall–Kier alpha value is -1.10. The Kier molecular flexibility index (Phi) is 6.46. The van der Waals surface area contributed by atoms with E-state index in [1.165, 1.54) is 0 Å².